The number of hydrogen-bond acceptors (Lipinski definition) is 4. The minimum atomic E-state index is 0.380. The highest BCUT2D eigenvalue weighted by Crippen LogP contribution is 2.23. The quantitative estimate of drug-likeness (QED) is 0.867. The molecular weight excluding hydrogens is 250 g/mol. The molecule has 1 aliphatic carbocycles. The molecule has 1 saturated carbocycles. The SMILES string of the molecule is CCNC1CCC(N(C)Cc2ncnn2C(C)C)CC1. The van der Waals surface area contributed by atoms with Gasteiger partial charge in [-0.25, -0.2) is 9.67 Å². The maximum absolute atomic E-state index is 4.41. The zero-order valence-corrected chi connectivity index (χ0v) is 13.3. The van der Waals surface area contributed by atoms with Crippen molar-refractivity contribution in [3.05, 3.63) is 12.2 Å². The molecule has 2 rings (SSSR count). The predicted molar refractivity (Wildman–Crippen MR) is 81.6 cm³/mol. The van der Waals surface area contributed by atoms with Crippen molar-refractivity contribution in [1.82, 2.24) is 25.0 Å². The summed E-state index contributed by atoms with van der Waals surface area (Å²) in [7, 11) is 2.22. The molecule has 0 saturated heterocycles. The van der Waals surface area contributed by atoms with Gasteiger partial charge in [0.15, 0.2) is 0 Å². The van der Waals surface area contributed by atoms with Gasteiger partial charge in [0.25, 0.3) is 0 Å². The normalized spacial score (nSPS) is 23.7. The summed E-state index contributed by atoms with van der Waals surface area (Å²) < 4.78 is 2.03. The zero-order valence-electron chi connectivity index (χ0n) is 13.3. The fourth-order valence-corrected chi connectivity index (χ4v) is 3.18. The Kier molecular flexibility index (Phi) is 5.54. The van der Waals surface area contributed by atoms with Gasteiger partial charge in [-0.1, -0.05) is 6.92 Å². The highest BCUT2D eigenvalue weighted by molar-refractivity contribution is 4.89. The van der Waals surface area contributed by atoms with Crippen LogP contribution in [-0.2, 0) is 6.54 Å². The molecule has 1 heterocycles. The largest absolute Gasteiger partial charge is 0.314 e. The van der Waals surface area contributed by atoms with Gasteiger partial charge in [0.05, 0.1) is 6.54 Å². The molecule has 1 N–H and O–H groups in total. The number of nitrogens with one attached hydrogen (secondary N) is 1. The van der Waals surface area contributed by atoms with Crippen molar-refractivity contribution in [2.24, 2.45) is 0 Å². The molecule has 5 nitrogen and oxygen atoms in total. The molecule has 0 radical (unpaired) electrons. The van der Waals surface area contributed by atoms with Crippen LogP contribution in [0.1, 0.15) is 58.3 Å². The van der Waals surface area contributed by atoms with Crippen LogP contribution < -0.4 is 5.32 Å². The van der Waals surface area contributed by atoms with Crippen molar-refractivity contribution in [2.75, 3.05) is 13.6 Å². The van der Waals surface area contributed by atoms with Crippen molar-refractivity contribution in [3.63, 3.8) is 0 Å². The van der Waals surface area contributed by atoms with E-state index >= 15 is 0 Å². The monoisotopic (exact) mass is 279 g/mol. The Morgan fingerprint density at radius 2 is 2.05 bits per heavy atom. The minimum absolute atomic E-state index is 0.380. The van der Waals surface area contributed by atoms with Crippen LogP contribution in [0.25, 0.3) is 0 Å². The highest BCUT2D eigenvalue weighted by atomic mass is 15.4. The number of aromatic nitrogens is 3. The first kappa shape index (κ1) is 15.4. The van der Waals surface area contributed by atoms with Gasteiger partial charge in [-0.05, 0) is 53.1 Å². The lowest BCUT2D eigenvalue weighted by molar-refractivity contribution is 0.162. The maximum atomic E-state index is 4.41. The molecule has 0 bridgehead atoms. The Hall–Kier alpha value is -0.940. The fourth-order valence-electron chi connectivity index (χ4n) is 3.18. The Bertz CT molecular complexity index is 393. The van der Waals surface area contributed by atoms with E-state index in [9.17, 15) is 0 Å². The van der Waals surface area contributed by atoms with Gasteiger partial charge in [-0.2, -0.15) is 5.10 Å². The zero-order chi connectivity index (χ0) is 14.5. The third-order valence-corrected chi connectivity index (χ3v) is 4.34. The van der Waals surface area contributed by atoms with Crippen LogP contribution in [0.5, 0.6) is 0 Å². The summed E-state index contributed by atoms with van der Waals surface area (Å²) in [4.78, 5) is 6.86. The van der Waals surface area contributed by atoms with Gasteiger partial charge in [-0.15, -0.1) is 0 Å². The van der Waals surface area contributed by atoms with E-state index in [1.165, 1.54) is 25.7 Å². The van der Waals surface area contributed by atoms with Crippen molar-refractivity contribution in [3.8, 4) is 0 Å². The molecule has 0 amide bonds. The van der Waals surface area contributed by atoms with Gasteiger partial charge in [0.1, 0.15) is 12.2 Å². The fraction of sp³-hybridized carbons (Fsp3) is 0.867. The second-order valence-corrected chi connectivity index (χ2v) is 6.19. The van der Waals surface area contributed by atoms with Crippen molar-refractivity contribution in [2.45, 2.75) is 71.1 Å². The molecule has 0 aliphatic heterocycles. The summed E-state index contributed by atoms with van der Waals surface area (Å²) in [6.07, 6.45) is 6.82. The van der Waals surface area contributed by atoms with E-state index in [1.54, 1.807) is 6.33 Å². The summed E-state index contributed by atoms with van der Waals surface area (Å²) >= 11 is 0. The third-order valence-electron chi connectivity index (χ3n) is 4.34. The van der Waals surface area contributed by atoms with Gasteiger partial charge in [-0.3, -0.25) is 4.90 Å². The van der Waals surface area contributed by atoms with Gasteiger partial charge >= 0.3 is 0 Å². The molecule has 1 aromatic heterocycles. The molecule has 0 spiro atoms. The second-order valence-electron chi connectivity index (χ2n) is 6.19. The predicted octanol–water partition coefficient (Wildman–Crippen LogP) is 2.21. The Morgan fingerprint density at radius 3 is 2.65 bits per heavy atom. The molecular formula is C15H29N5. The highest BCUT2D eigenvalue weighted by Gasteiger charge is 2.24. The van der Waals surface area contributed by atoms with E-state index in [0.717, 1.165) is 25.0 Å². The third kappa shape index (κ3) is 3.79. The minimum Gasteiger partial charge on any atom is -0.314 e. The average molecular weight is 279 g/mol. The number of hydrogen-bond donors (Lipinski definition) is 1. The van der Waals surface area contributed by atoms with E-state index in [4.69, 9.17) is 0 Å². The summed E-state index contributed by atoms with van der Waals surface area (Å²) in [6.45, 7) is 8.48. The van der Waals surface area contributed by atoms with Crippen LogP contribution in [0.15, 0.2) is 6.33 Å². The molecule has 0 unspecified atom stereocenters. The van der Waals surface area contributed by atoms with Crippen molar-refractivity contribution < 1.29 is 0 Å². The first-order valence-electron chi connectivity index (χ1n) is 7.93. The summed E-state index contributed by atoms with van der Waals surface area (Å²) in [5.74, 6) is 1.08. The smallest absolute Gasteiger partial charge is 0.141 e. The van der Waals surface area contributed by atoms with Crippen LogP contribution in [0.4, 0.5) is 0 Å². The van der Waals surface area contributed by atoms with Crippen LogP contribution in [0.2, 0.25) is 0 Å². The van der Waals surface area contributed by atoms with Gasteiger partial charge in [0.2, 0.25) is 0 Å². The molecule has 0 atom stereocenters. The summed E-state index contributed by atoms with van der Waals surface area (Å²) in [5.41, 5.74) is 0. The van der Waals surface area contributed by atoms with E-state index in [1.807, 2.05) is 4.68 Å². The van der Waals surface area contributed by atoms with E-state index in [2.05, 4.69) is 48.1 Å². The Labute approximate surface area is 122 Å². The molecule has 1 fully saturated rings. The Morgan fingerprint density at radius 1 is 1.35 bits per heavy atom. The van der Waals surface area contributed by atoms with Crippen LogP contribution in [0, 0.1) is 0 Å². The van der Waals surface area contributed by atoms with Gasteiger partial charge in [0, 0.05) is 18.1 Å². The summed E-state index contributed by atoms with van der Waals surface area (Å²) in [6, 6.07) is 1.79. The number of rotatable bonds is 6. The number of nitrogens with zero attached hydrogens (tertiary/aromatic N) is 4. The van der Waals surface area contributed by atoms with Gasteiger partial charge < -0.3 is 5.32 Å². The average Bonchev–Trinajstić information content (AvgIpc) is 2.88. The molecule has 5 heteroatoms. The molecule has 0 aromatic carbocycles. The van der Waals surface area contributed by atoms with E-state index in [-0.39, 0.29) is 0 Å². The molecule has 114 valence electrons. The topological polar surface area (TPSA) is 46.0 Å². The van der Waals surface area contributed by atoms with Crippen molar-refractivity contribution >= 4 is 0 Å². The molecule has 1 aliphatic rings. The summed E-state index contributed by atoms with van der Waals surface area (Å²) in [5, 5.41) is 7.89. The lowest BCUT2D eigenvalue weighted by atomic mass is 9.90. The van der Waals surface area contributed by atoms with Crippen LogP contribution >= 0.6 is 0 Å². The van der Waals surface area contributed by atoms with Crippen LogP contribution in [0.3, 0.4) is 0 Å². The van der Waals surface area contributed by atoms with Crippen LogP contribution in [-0.4, -0.2) is 45.3 Å². The first-order chi connectivity index (χ1) is 9.61. The van der Waals surface area contributed by atoms with Crippen molar-refractivity contribution in [1.29, 1.82) is 0 Å². The molecule has 1 aromatic rings. The van der Waals surface area contributed by atoms with E-state index in [0.29, 0.717) is 12.1 Å². The Balaban J connectivity index is 1.86. The lowest BCUT2D eigenvalue weighted by Gasteiger charge is -2.34. The first-order valence-corrected chi connectivity index (χ1v) is 7.93. The second kappa shape index (κ2) is 7.18. The maximum Gasteiger partial charge on any atom is 0.141 e. The standard InChI is InChI=1S/C15H29N5/c1-5-16-13-6-8-14(9-7-13)19(4)10-15-17-11-18-20(15)12(2)3/h11-14,16H,5-10H2,1-4H3. The lowest BCUT2D eigenvalue weighted by Crippen LogP contribution is -2.40. The van der Waals surface area contributed by atoms with E-state index < -0.39 is 0 Å². The molecule has 20 heavy (non-hydrogen) atoms.